The van der Waals surface area contributed by atoms with Crippen LogP contribution in [0.15, 0.2) is 39.9 Å². The molecule has 0 aliphatic rings. The third-order valence-electron chi connectivity index (χ3n) is 3.93. The van der Waals surface area contributed by atoms with E-state index in [-0.39, 0.29) is 17.6 Å². The summed E-state index contributed by atoms with van der Waals surface area (Å²) in [7, 11) is -2.98. The Bertz CT molecular complexity index is 879. The molecular formula is C19H27FN4O3S. The van der Waals surface area contributed by atoms with E-state index >= 15 is 0 Å². The summed E-state index contributed by atoms with van der Waals surface area (Å²) in [5.41, 5.74) is 1.47. The van der Waals surface area contributed by atoms with E-state index in [1.54, 1.807) is 18.4 Å². The third kappa shape index (κ3) is 7.67. The molecule has 7 nitrogen and oxygen atoms in total. The van der Waals surface area contributed by atoms with Crippen molar-refractivity contribution < 1.29 is 17.2 Å². The molecular weight excluding hydrogens is 383 g/mol. The Labute approximate surface area is 165 Å². The van der Waals surface area contributed by atoms with Gasteiger partial charge < -0.3 is 15.1 Å². The van der Waals surface area contributed by atoms with Gasteiger partial charge in [0.2, 0.25) is 5.89 Å². The minimum atomic E-state index is -2.98. The lowest BCUT2D eigenvalue weighted by molar-refractivity contribution is 0.572. The van der Waals surface area contributed by atoms with E-state index in [9.17, 15) is 12.8 Å². The molecule has 0 spiro atoms. The van der Waals surface area contributed by atoms with Crippen LogP contribution >= 0.6 is 0 Å². The topological polar surface area (TPSA) is 96.6 Å². The number of hydrogen-bond donors (Lipinski definition) is 2. The zero-order valence-electron chi connectivity index (χ0n) is 16.4. The first-order valence-electron chi connectivity index (χ1n) is 9.19. The van der Waals surface area contributed by atoms with Gasteiger partial charge in [-0.3, -0.25) is 4.99 Å². The molecule has 1 unspecified atom stereocenters. The summed E-state index contributed by atoms with van der Waals surface area (Å²) in [6, 6.07) is 5.94. The van der Waals surface area contributed by atoms with Gasteiger partial charge in [-0.05, 0) is 44.5 Å². The van der Waals surface area contributed by atoms with Gasteiger partial charge in [0.05, 0.1) is 11.4 Å². The first kappa shape index (κ1) is 21.9. The zero-order valence-corrected chi connectivity index (χ0v) is 17.2. The van der Waals surface area contributed by atoms with E-state index in [1.165, 1.54) is 18.4 Å². The minimum Gasteiger partial charge on any atom is -0.444 e. The number of rotatable bonds is 9. The molecule has 0 bridgehead atoms. The summed E-state index contributed by atoms with van der Waals surface area (Å²) in [6.45, 7) is 5.07. The van der Waals surface area contributed by atoms with Gasteiger partial charge in [0.1, 0.15) is 21.9 Å². The fourth-order valence-electron chi connectivity index (χ4n) is 2.45. The molecule has 0 radical (unpaired) electrons. The van der Waals surface area contributed by atoms with Gasteiger partial charge in [-0.25, -0.2) is 17.8 Å². The molecule has 1 heterocycles. The van der Waals surface area contributed by atoms with Crippen LogP contribution in [0.2, 0.25) is 0 Å². The molecule has 154 valence electrons. The minimum absolute atomic E-state index is 0.0235. The lowest BCUT2D eigenvalue weighted by Crippen LogP contribution is -2.43. The standard InChI is InChI=1S/C19H27FN4O3S/c1-4-21-19(23-14(2)10-12-28(3,25)26)22-11-9-17-13-27-18(24-17)15-5-7-16(20)8-6-15/h5-8,13-14H,4,9-12H2,1-3H3,(H2,21,22,23). The van der Waals surface area contributed by atoms with Crippen molar-refractivity contribution >= 4 is 15.8 Å². The highest BCUT2D eigenvalue weighted by molar-refractivity contribution is 7.90. The number of halogens is 1. The summed E-state index contributed by atoms with van der Waals surface area (Å²) in [5, 5.41) is 6.35. The number of nitrogens with zero attached hydrogens (tertiary/aromatic N) is 2. The molecule has 2 N–H and O–H groups in total. The Morgan fingerprint density at radius 1 is 1.32 bits per heavy atom. The summed E-state index contributed by atoms with van der Waals surface area (Å²) in [4.78, 5) is 8.91. The number of oxazole rings is 1. The second-order valence-corrected chi connectivity index (χ2v) is 8.89. The van der Waals surface area contributed by atoms with Crippen molar-refractivity contribution in [3.63, 3.8) is 0 Å². The lowest BCUT2D eigenvalue weighted by Gasteiger charge is -2.17. The number of sulfone groups is 1. The zero-order chi connectivity index (χ0) is 20.6. The highest BCUT2D eigenvalue weighted by atomic mass is 32.2. The number of aromatic nitrogens is 1. The average Bonchev–Trinajstić information content (AvgIpc) is 3.09. The molecule has 0 amide bonds. The van der Waals surface area contributed by atoms with E-state index in [2.05, 4.69) is 20.6 Å². The monoisotopic (exact) mass is 410 g/mol. The Balaban J connectivity index is 1.90. The maximum atomic E-state index is 13.0. The van der Waals surface area contributed by atoms with Crippen LogP contribution in [0.4, 0.5) is 4.39 Å². The van der Waals surface area contributed by atoms with Gasteiger partial charge in [0, 0.05) is 37.4 Å². The van der Waals surface area contributed by atoms with E-state index < -0.39 is 9.84 Å². The van der Waals surface area contributed by atoms with Crippen molar-refractivity contribution in [2.75, 3.05) is 25.1 Å². The quantitative estimate of drug-likeness (QED) is 0.487. The normalized spacial score (nSPS) is 13.4. The van der Waals surface area contributed by atoms with Crippen molar-refractivity contribution in [3.05, 3.63) is 42.0 Å². The number of nitrogens with one attached hydrogen (secondary N) is 2. The highest BCUT2D eigenvalue weighted by Gasteiger charge is 2.10. The van der Waals surface area contributed by atoms with Crippen LogP contribution in [-0.2, 0) is 16.3 Å². The first-order chi connectivity index (χ1) is 13.3. The number of guanidine groups is 1. The largest absolute Gasteiger partial charge is 0.444 e. The number of benzene rings is 1. The Kier molecular flexibility index (Phi) is 7.98. The van der Waals surface area contributed by atoms with Crippen molar-refractivity contribution in [3.8, 4) is 11.5 Å². The molecule has 0 aliphatic carbocycles. The van der Waals surface area contributed by atoms with Crippen molar-refractivity contribution in [1.29, 1.82) is 0 Å². The molecule has 28 heavy (non-hydrogen) atoms. The van der Waals surface area contributed by atoms with Crippen molar-refractivity contribution in [2.24, 2.45) is 4.99 Å². The Morgan fingerprint density at radius 2 is 2.04 bits per heavy atom. The van der Waals surface area contributed by atoms with Gasteiger partial charge in [0.25, 0.3) is 0 Å². The van der Waals surface area contributed by atoms with Gasteiger partial charge in [-0.1, -0.05) is 0 Å². The highest BCUT2D eigenvalue weighted by Crippen LogP contribution is 2.19. The number of hydrogen-bond acceptors (Lipinski definition) is 5. The molecule has 0 aliphatic heterocycles. The van der Waals surface area contributed by atoms with Crippen LogP contribution in [0.5, 0.6) is 0 Å². The fraction of sp³-hybridized carbons (Fsp3) is 0.474. The fourth-order valence-corrected chi connectivity index (χ4v) is 3.23. The molecule has 2 aromatic rings. The van der Waals surface area contributed by atoms with Crippen LogP contribution in [-0.4, -0.2) is 50.5 Å². The molecule has 0 saturated heterocycles. The Hall–Kier alpha value is -2.42. The second kappa shape index (κ2) is 10.2. The molecule has 1 aromatic heterocycles. The summed E-state index contributed by atoms with van der Waals surface area (Å²) in [5.74, 6) is 0.898. The second-order valence-electron chi connectivity index (χ2n) is 6.63. The van der Waals surface area contributed by atoms with E-state index in [1.807, 2.05) is 13.8 Å². The Morgan fingerprint density at radius 3 is 2.68 bits per heavy atom. The van der Waals surface area contributed by atoms with Crippen molar-refractivity contribution in [2.45, 2.75) is 32.7 Å². The molecule has 1 aromatic carbocycles. The molecule has 1 atom stereocenters. The smallest absolute Gasteiger partial charge is 0.226 e. The van der Waals surface area contributed by atoms with Crippen LogP contribution in [0.3, 0.4) is 0 Å². The predicted octanol–water partition coefficient (Wildman–Crippen LogP) is 2.40. The molecule has 9 heteroatoms. The third-order valence-corrected chi connectivity index (χ3v) is 4.91. The maximum absolute atomic E-state index is 13.0. The van der Waals surface area contributed by atoms with Crippen LogP contribution in [0, 0.1) is 5.82 Å². The maximum Gasteiger partial charge on any atom is 0.226 e. The average molecular weight is 411 g/mol. The van der Waals surface area contributed by atoms with Crippen LogP contribution < -0.4 is 10.6 Å². The summed E-state index contributed by atoms with van der Waals surface area (Å²) < 4.78 is 41.0. The van der Waals surface area contributed by atoms with E-state index in [0.29, 0.717) is 43.3 Å². The number of aliphatic imine (C=N–C) groups is 1. The molecule has 0 fully saturated rings. The van der Waals surface area contributed by atoms with E-state index in [4.69, 9.17) is 4.42 Å². The lowest BCUT2D eigenvalue weighted by atomic mass is 10.2. The van der Waals surface area contributed by atoms with E-state index in [0.717, 1.165) is 5.69 Å². The van der Waals surface area contributed by atoms with Gasteiger partial charge in [-0.15, -0.1) is 0 Å². The SMILES string of the molecule is CCNC(=NCCc1coc(-c2ccc(F)cc2)n1)NC(C)CCS(C)(=O)=O. The van der Waals surface area contributed by atoms with Gasteiger partial charge >= 0.3 is 0 Å². The van der Waals surface area contributed by atoms with Crippen molar-refractivity contribution in [1.82, 2.24) is 15.6 Å². The summed E-state index contributed by atoms with van der Waals surface area (Å²) in [6.07, 6.45) is 3.90. The first-order valence-corrected chi connectivity index (χ1v) is 11.3. The molecule has 0 saturated carbocycles. The van der Waals surface area contributed by atoms with Gasteiger partial charge in [0.15, 0.2) is 5.96 Å². The molecule has 2 rings (SSSR count). The van der Waals surface area contributed by atoms with Crippen LogP contribution in [0.1, 0.15) is 26.0 Å². The predicted molar refractivity (Wildman–Crippen MR) is 109 cm³/mol. The summed E-state index contributed by atoms with van der Waals surface area (Å²) >= 11 is 0. The van der Waals surface area contributed by atoms with Crippen LogP contribution in [0.25, 0.3) is 11.5 Å². The van der Waals surface area contributed by atoms with Gasteiger partial charge in [-0.2, -0.15) is 0 Å².